The molecule has 1 atom stereocenters. The van der Waals surface area contributed by atoms with Crippen molar-refractivity contribution in [3.05, 3.63) is 54.2 Å². The van der Waals surface area contributed by atoms with Gasteiger partial charge in [0, 0.05) is 19.3 Å². The molecule has 21 heavy (non-hydrogen) atoms. The summed E-state index contributed by atoms with van der Waals surface area (Å²) < 4.78 is 10.7. The first-order valence-electron chi connectivity index (χ1n) is 7.16. The summed E-state index contributed by atoms with van der Waals surface area (Å²) in [6.45, 7) is 1.84. The van der Waals surface area contributed by atoms with Gasteiger partial charge in [0.25, 0.3) is 5.91 Å². The Bertz CT molecular complexity index is 562. The van der Waals surface area contributed by atoms with Crippen LogP contribution in [0.4, 0.5) is 0 Å². The van der Waals surface area contributed by atoms with Gasteiger partial charge in [0.05, 0.1) is 30.2 Å². The van der Waals surface area contributed by atoms with Crippen molar-refractivity contribution < 1.29 is 13.9 Å². The van der Waals surface area contributed by atoms with Crippen LogP contribution in [0.1, 0.15) is 28.9 Å². The zero-order valence-electron chi connectivity index (χ0n) is 11.8. The fourth-order valence-electron chi connectivity index (χ4n) is 2.51. The smallest absolute Gasteiger partial charge is 0.257 e. The Morgan fingerprint density at radius 1 is 1.38 bits per heavy atom. The van der Waals surface area contributed by atoms with Gasteiger partial charge in [-0.25, -0.2) is 0 Å². The Morgan fingerprint density at radius 3 is 3.00 bits per heavy atom. The summed E-state index contributed by atoms with van der Waals surface area (Å²) in [6.07, 6.45) is 6.90. The lowest BCUT2D eigenvalue weighted by atomic mass is 10.2. The van der Waals surface area contributed by atoms with Crippen molar-refractivity contribution in [2.24, 2.45) is 0 Å². The first-order chi connectivity index (χ1) is 10.3. The molecule has 1 aliphatic rings. The van der Waals surface area contributed by atoms with Crippen LogP contribution in [0.2, 0.25) is 0 Å². The summed E-state index contributed by atoms with van der Waals surface area (Å²) in [5, 5.41) is 0. The Labute approximate surface area is 123 Å². The lowest BCUT2D eigenvalue weighted by Crippen LogP contribution is -2.37. The molecule has 0 radical (unpaired) electrons. The molecule has 110 valence electrons. The van der Waals surface area contributed by atoms with E-state index >= 15 is 0 Å². The summed E-state index contributed by atoms with van der Waals surface area (Å²) in [7, 11) is 0. The topological polar surface area (TPSA) is 55.6 Å². The number of aromatic nitrogens is 1. The molecule has 0 aromatic carbocycles. The number of amides is 1. The van der Waals surface area contributed by atoms with E-state index in [4.69, 9.17) is 9.15 Å². The number of hydrogen-bond donors (Lipinski definition) is 0. The second kappa shape index (κ2) is 6.54. The monoisotopic (exact) mass is 286 g/mol. The van der Waals surface area contributed by atoms with Gasteiger partial charge in [0.15, 0.2) is 0 Å². The maximum atomic E-state index is 12.6. The summed E-state index contributed by atoms with van der Waals surface area (Å²) in [4.78, 5) is 18.7. The van der Waals surface area contributed by atoms with Crippen molar-refractivity contribution in [2.45, 2.75) is 25.5 Å². The maximum Gasteiger partial charge on any atom is 0.257 e. The molecule has 2 aromatic rings. The standard InChI is InChI=1S/C16H18N2O3/c19-16(13-6-9-20-12-13)18(11-15-5-3-8-21-15)10-14-4-1-2-7-17-14/h1-2,4,6-7,9,12,15H,3,5,8,10-11H2/t15-/m0/s1. The van der Waals surface area contributed by atoms with Gasteiger partial charge in [-0.3, -0.25) is 9.78 Å². The normalized spacial score (nSPS) is 17.8. The molecule has 2 aromatic heterocycles. The molecule has 0 N–H and O–H groups in total. The quantitative estimate of drug-likeness (QED) is 0.847. The SMILES string of the molecule is O=C(c1ccoc1)N(Cc1ccccn1)C[C@@H]1CCCO1. The lowest BCUT2D eigenvalue weighted by Gasteiger charge is -2.24. The number of rotatable bonds is 5. The highest BCUT2D eigenvalue weighted by molar-refractivity contribution is 5.93. The fourth-order valence-corrected chi connectivity index (χ4v) is 2.51. The largest absolute Gasteiger partial charge is 0.472 e. The first-order valence-corrected chi connectivity index (χ1v) is 7.16. The molecule has 1 aliphatic heterocycles. The maximum absolute atomic E-state index is 12.6. The van der Waals surface area contributed by atoms with Crippen LogP contribution in [0.3, 0.4) is 0 Å². The number of furan rings is 1. The molecule has 0 unspecified atom stereocenters. The van der Waals surface area contributed by atoms with E-state index in [1.165, 1.54) is 12.5 Å². The zero-order chi connectivity index (χ0) is 14.5. The molecule has 5 heteroatoms. The average molecular weight is 286 g/mol. The van der Waals surface area contributed by atoms with Gasteiger partial charge in [0.1, 0.15) is 6.26 Å². The van der Waals surface area contributed by atoms with Crippen LogP contribution in [-0.4, -0.2) is 35.0 Å². The van der Waals surface area contributed by atoms with Crippen LogP contribution in [0, 0.1) is 0 Å². The van der Waals surface area contributed by atoms with E-state index in [1.807, 2.05) is 18.2 Å². The van der Waals surface area contributed by atoms with Gasteiger partial charge in [0.2, 0.25) is 0 Å². The highest BCUT2D eigenvalue weighted by Gasteiger charge is 2.24. The van der Waals surface area contributed by atoms with Crippen LogP contribution in [0.25, 0.3) is 0 Å². The van der Waals surface area contributed by atoms with Crippen molar-refractivity contribution >= 4 is 5.91 Å². The van der Waals surface area contributed by atoms with Crippen LogP contribution < -0.4 is 0 Å². The summed E-state index contributed by atoms with van der Waals surface area (Å²) in [6, 6.07) is 7.40. The third kappa shape index (κ3) is 3.49. The molecule has 1 saturated heterocycles. The summed E-state index contributed by atoms with van der Waals surface area (Å²) >= 11 is 0. The van der Waals surface area contributed by atoms with Crippen molar-refractivity contribution in [3.8, 4) is 0 Å². The van der Waals surface area contributed by atoms with Crippen molar-refractivity contribution in [1.29, 1.82) is 0 Å². The van der Waals surface area contributed by atoms with E-state index in [2.05, 4.69) is 4.98 Å². The molecule has 3 heterocycles. The minimum absolute atomic E-state index is 0.0510. The second-order valence-corrected chi connectivity index (χ2v) is 5.15. The highest BCUT2D eigenvalue weighted by Crippen LogP contribution is 2.17. The summed E-state index contributed by atoms with van der Waals surface area (Å²) in [5.41, 5.74) is 1.43. The Balaban J connectivity index is 1.75. The predicted octanol–water partition coefficient (Wildman–Crippen LogP) is 2.50. The van der Waals surface area contributed by atoms with Gasteiger partial charge in [-0.2, -0.15) is 0 Å². The third-order valence-corrected chi connectivity index (χ3v) is 3.58. The molecular weight excluding hydrogens is 268 g/mol. The number of carbonyl (C=O) groups is 1. The average Bonchev–Trinajstić information content (AvgIpc) is 3.20. The van der Waals surface area contributed by atoms with Crippen LogP contribution in [0.15, 0.2) is 47.4 Å². The van der Waals surface area contributed by atoms with E-state index in [1.54, 1.807) is 17.2 Å². The molecule has 1 fully saturated rings. The van der Waals surface area contributed by atoms with Gasteiger partial charge in [-0.15, -0.1) is 0 Å². The Hall–Kier alpha value is -2.14. The number of ether oxygens (including phenoxy) is 1. The van der Waals surface area contributed by atoms with Crippen molar-refractivity contribution in [1.82, 2.24) is 9.88 Å². The minimum atomic E-state index is -0.0510. The van der Waals surface area contributed by atoms with Gasteiger partial charge in [-0.1, -0.05) is 6.07 Å². The molecule has 0 spiro atoms. The molecule has 1 amide bonds. The van der Waals surface area contributed by atoms with E-state index in [-0.39, 0.29) is 12.0 Å². The molecule has 0 aliphatic carbocycles. The highest BCUT2D eigenvalue weighted by atomic mass is 16.5. The van der Waals surface area contributed by atoms with Gasteiger partial charge < -0.3 is 14.1 Å². The molecule has 3 rings (SSSR count). The number of hydrogen-bond acceptors (Lipinski definition) is 4. The number of pyridine rings is 1. The van der Waals surface area contributed by atoms with E-state index in [0.717, 1.165) is 25.1 Å². The number of nitrogens with zero attached hydrogens (tertiary/aromatic N) is 2. The van der Waals surface area contributed by atoms with E-state index in [9.17, 15) is 4.79 Å². The number of carbonyl (C=O) groups excluding carboxylic acids is 1. The lowest BCUT2D eigenvalue weighted by molar-refractivity contribution is 0.0504. The fraction of sp³-hybridized carbons (Fsp3) is 0.375. The van der Waals surface area contributed by atoms with Crippen LogP contribution >= 0.6 is 0 Å². The van der Waals surface area contributed by atoms with E-state index in [0.29, 0.717) is 18.7 Å². The van der Waals surface area contributed by atoms with Crippen LogP contribution in [0.5, 0.6) is 0 Å². The molecule has 0 bridgehead atoms. The van der Waals surface area contributed by atoms with E-state index < -0.39 is 0 Å². The Morgan fingerprint density at radius 2 is 2.33 bits per heavy atom. The molecular formula is C16H18N2O3. The zero-order valence-corrected chi connectivity index (χ0v) is 11.8. The predicted molar refractivity (Wildman–Crippen MR) is 76.7 cm³/mol. The van der Waals surface area contributed by atoms with Gasteiger partial charge in [-0.05, 0) is 31.0 Å². The van der Waals surface area contributed by atoms with Crippen LogP contribution in [-0.2, 0) is 11.3 Å². The van der Waals surface area contributed by atoms with Crippen molar-refractivity contribution in [3.63, 3.8) is 0 Å². The van der Waals surface area contributed by atoms with Gasteiger partial charge >= 0.3 is 0 Å². The molecule has 5 nitrogen and oxygen atoms in total. The first kappa shape index (κ1) is 13.8. The summed E-state index contributed by atoms with van der Waals surface area (Å²) in [5.74, 6) is -0.0510. The third-order valence-electron chi connectivity index (χ3n) is 3.58. The van der Waals surface area contributed by atoms with Crippen molar-refractivity contribution in [2.75, 3.05) is 13.2 Å². The second-order valence-electron chi connectivity index (χ2n) is 5.15. The Kier molecular flexibility index (Phi) is 4.31. The minimum Gasteiger partial charge on any atom is -0.472 e. The molecule has 0 saturated carbocycles.